The lowest BCUT2D eigenvalue weighted by molar-refractivity contribution is -0.166. The van der Waals surface area contributed by atoms with Crippen LogP contribution < -0.4 is 0 Å². The topological polar surface area (TPSA) is 78.9 Å². The van der Waals surface area contributed by atoms with Crippen molar-refractivity contribution < 1.29 is 28.6 Å². The molecule has 0 aromatic heterocycles. The van der Waals surface area contributed by atoms with Crippen molar-refractivity contribution in [2.75, 3.05) is 13.2 Å². The highest BCUT2D eigenvalue weighted by Crippen LogP contribution is 2.13. The van der Waals surface area contributed by atoms with Crippen molar-refractivity contribution in [3.05, 3.63) is 182 Å². The van der Waals surface area contributed by atoms with Gasteiger partial charge >= 0.3 is 17.9 Å². The molecule has 0 spiro atoms. The summed E-state index contributed by atoms with van der Waals surface area (Å²) >= 11 is 0. The number of hydrogen-bond acceptors (Lipinski definition) is 6. The zero-order valence-electron chi connectivity index (χ0n) is 51.0. The van der Waals surface area contributed by atoms with Gasteiger partial charge in [0, 0.05) is 19.3 Å². The third-order valence-electron chi connectivity index (χ3n) is 12.6. The largest absolute Gasteiger partial charge is 0.462 e. The van der Waals surface area contributed by atoms with E-state index in [0.29, 0.717) is 12.8 Å². The molecule has 80 heavy (non-hydrogen) atoms. The first-order valence-corrected chi connectivity index (χ1v) is 31.8. The number of hydrogen-bond donors (Lipinski definition) is 0. The molecule has 1 unspecified atom stereocenters. The standard InChI is InChI=1S/C74H114O6/c1-4-7-10-13-16-19-22-25-27-29-30-31-32-33-34-35-36-37-38-39-40-41-42-43-44-45-47-49-52-55-58-61-64-67-73(76)79-70-71(69-78-72(75)66-63-60-57-54-51-48-24-21-18-15-12-9-6-3)80-74(77)68-65-62-59-56-53-50-46-28-26-23-20-17-14-11-8-5-2/h7,9-10,12,16,18-21,23,25,27-28,30-31,33-34,36-37,39-40,42-43,45-48,51,57,60,71H,4-6,8,11,13-15,17,22,24,26,29,32,35,38,41,44,49-50,52-56,58-59,61-70H2,1-3H3/b10-7-,12-9-,19-16-,21-18-,23-20-,27-25-,31-30-,34-33-,37-36-,40-39-,43-42-,46-28-,47-45-,51-48-,60-57-. The summed E-state index contributed by atoms with van der Waals surface area (Å²) in [5.74, 6) is -1.05. The van der Waals surface area contributed by atoms with Gasteiger partial charge in [-0.15, -0.1) is 0 Å². The molecule has 0 amide bonds. The van der Waals surface area contributed by atoms with E-state index in [1.54, 1.807) is 0 Å². The Labute approximate surface area is 491 Å². The van der Waals surface area contributed by atoms with Crippen LogP contribution in [0.5, 0.6) is 0 Å². The molecule has 0 radical (unpaired) electrons. The Bertz CT molecular complexity index is 1890. The number of esters is 3. The van der Waals surface area contributed by atoms with E-state index in [-0.39, 0.29) is 44.0 Å². The van der Waals surface area contributed by atoms with Crippen LogP contribution >= 0.6 is 0 Å². The first-order valence-electron chi connectivity index (χ1n) is 31.8. The number of ether oxygens (including phenoxy) is 3. The van der Waals surface area contributed by atoms with Gasteiger partial charge in [-0.1, -0.05) is 261 Å². The Morgan fingerprint density at radius 1 is 0.263 bits per heavy atom. The highest BCUT2D eigenvalue weighted by Gasteiger charge is 2.19. The molecule has 6 nitrogen and oxygen atoms in total. The van der Waals surface area contributed by atoms with Crippen molar-refractivity contribution in [2.24, 2.45) is 0 Å². The molecule has 0 saturated carbocycles. The van der Waals surface area contributed by atoms with E-state index >= 15 is 0 Å². The quantitative estimate of drug-likeness (QED) is 0.0261. The molecule has 0 aliphatic rings. The molecule has 0 aliphatic carbocycles. The van der Waals surface area contributed by atoms with E-state index in [0.717, 1.165) is 167 Å². The number of rotatable bonds is 55. The van der Waals surface area contributed by atoms with E-state index < -0.39 is 6.10 Å². The summed E-state index contributed by atoms with van der Waals surface area (Å²) in [6.45, 7) is 6.28. The minimum absolute atomic E-state index is 0.125. The van der Waals surface area contributed by atoms with E-state index in [1.807, 2.05) is 12.2 Å². The Balaban J connectivity index is 4.41. The predicted octanol–water partition coefficient (Wildman–Crippen LogP) is 22.0. The smallest absolute Gasteiger partial charge is 0.306 e. The van der Waals surface area contributed by atoms with Crippen LogP contribution in [0.25, 0.3) is 0 Å². The van der Waals surface area contributed by atoms with Crippen LogP contribution in [-0.4, -0.2) is 37.2 Å². The Kier molecular flexibility index (Phi) is 61.5. The van der Waals surface area contributed by atoms with Crippen LogP contribution in [0.4, 0.5) is 0 Å². The summed E-state index contributed by atoms with van der Waals surface area (Å²) in [4.78, 5) is 38.2. The van der Waals surface area contributed by atoms with Crippen LogP contribution in [0.3, 0.4) is 0 Å². The Morgan fingerprint density at radius 3 is 0.838 bits per heavy atom. The van der Waals surface area contributed by atoms with Crippen LogP contribution in [0, 0.1) is 0 Å². The van der Waals surface area contributed by atoms with E-state index in [1.165, 1.54) is 32.1 Å². The summed E-state index contributed by atoms with van der Waals surface area (Å²) in [6, 6.07) is 0. The number of carbonyl (C=O) groups is 3. The van der Waals surface area contributed by atoms with E-state index in [2.05, 4.69) is 191 Å². The fourth-order valence-corrected chi connectivity index (χ4v) is 7.95. The van der Waals surface area contributed by atoms with Crippen molar-refractivity contribution in [2.45, 2.75) is 252 Å². The van der Waals surface area contributed by atoms with Gasteiger partial charge in [-0.25, -0.2) is 0 Å². The van der Waals surface area contributed by atoms with Crippen molar-refractivity contribution >= 4 is 17.9 Å². The van der Waals surface area contributed by atoms with Crippen molar-refractivity contribution in [3.63, 3.8) is 0 Å². The Hall–Kier alpha value is -5.49. The summed E-state index contributed by atoms with van der Waals surface area (Å²) in [5.41, 5.74) is 0. The van der Waals surface area contributed by atoms with Crippen molar-refractivity contribution in [3.8, 4) is 0 Å². The molecule has 0 aromatic rings. The maximum Gasteiger partial charge on any atom is 0.306 e. The first-order chi connectivity index (χ1) is 39.5. The summed E-state index contributed by atoms with van der Waals surface area (Å²) < 4.78 is 16.8. The molecule has 0 bridgehead atoms. The zero-order valence-corrected chi connectivity index (χ0v) is 51.0. The van der Waals surface area contributed by atoms with Gasteiger partial charge in [0.05, 0.1) is 0 Å². The minimum Gasteiger partial charge on any atom is -0.462 e. The summed E-state index contributed by atoms with van der Waals surface area (Å²) in [5, 5.41) is 0. The molecule has 446 valence electrons. The van der Waals surface area contributed by atoms with Gasteiger partial charge in [0.25, 0.3) is 0 Å². The average Bonchev–Trinajstić information content (AvgIpc) is 3.46. The molecular weight excluding hydrogens is 985 g/mol. The minimum atomic E-state index is -0.833. The molecule has 0 heterocycles. The first kappa shape index (κ1) is 74.5. The monoisotopic (exact) mass is 1100 g/mol. The fraction of sp³-hybridized carbons (Fsp3) is 0.554. The third-order valence-corrected chi connectivity index (χ3v) is 12.6. The van der Waals surface area contributed by atoms with Gasteiger partial charge in [0.2, 0.25) is 0 Å². The van der Waals surface area contributed by atoms with Gasteiger partial charge in [-0.3, -0.25) is 14.4 Å². The number of carbonyl (C=O) groups excluding carboxylic acids is 3. The highest BCUT2D eigenvalue weighted by molar-refractivity contribution is 5.71. The maximum absolute atomic E-state index is 12.9. The molecule has 1 atom stereocenters. The molecule has 0 saturated heterocycles. The number of allylic oxidation sites excluding steroid dienone is 30. The highest BCUT2D eigenvalue weighted by atomic mass is 16.6. The van der Waals surface area contributed by atoms with Crippen LogP contribution in [0.1, 0.15) is 245 Å². The lowest BCUT2D eigenvalue weighted by atomic mass is 10.1. The lowest BCUT2D eigenvalue weighted by Crippen LogP contribution is -2.30. The zero-order chi connectivity index (χ0) is 57.8. The predicted molar refractivity (Wildman–Crippen MR) is 348 cm³/mol. The second-order valence-electron chi connectivity index (χ2n) is 20.2. The maximum atomic E-state index is 12.9. The molecule has 0 aliphatic heterocycles. The molecule has 0 fully saturated rings. The fourth-order valence-electron chi connectivity index (χ4n) is 7.95. The van der Waals surface area contributed by atoms with Crippen LogP contribution in [-0.2, 0) is 28.6 Å². The van der Waals surface area contributed by atoms with Gasteiger partial charge in [0.1, 0.15) is 13.2 Å². The third kappa shape index (κ3) is 63.3. The van der Waals surface area contributed by atoms with Crippen molar-refractivity contribution in [1.82, 2.24) is 0 Å². The number of unbranched alkanes of at least 4 members (excludes halogenated alkanes) is 14. The lowest BCUT2D eigenvalue weighted by Gasteiger charge is -2.18. The molecular formula is C74H114O6. The van der Waals surface area contributed by atoms with Crippen molar-refractivity contribution in [1.29, 1.82) is 0 Å². The van der Waals surface area contributed by atoms with Crippen LogP contribution in [0.2, 0.25) is 0 Å². The molecule has 0 rings (SSSR count). The average molecular weight is 1100 g/mol. The second kappa shape index (κ2) is 66.0. The molecule has 0 aromatic carbocycles. The van der Waals surface area contributed by atoms with Gasteiger partial charge < -0.3 is 14.2 Å². The molecule has 0 N–H and O–H groups in total. The molecule has 6 heteroatoms. The normalized spacial score (nSPS) is 13.4. The van der Waals surface area contributed by atoms with Crippen LogP contribution in [0.15, 0.2) is 182 Å². The second-order valence-corrected chi connectivity index (χ2v) is 20.2. The summed E-state index contributed by atoms with van der Waals surface area (Å²) in [6.07, 6.45) is 99.1. The van der Waals surface area contributed by atoms with Gasteiger partial charge in [0.15, 0.2) is 6.10 Å². The van der Waals surface area contributed by atoms with Gasteiger partial charge in [-0.05, 0) is 148 Å². The SMILES string of the molecule is CC/C=C\C/C=C\C/C=C\C/C=C\C/C=C\C/C=C\C/C=C\C/C=C\C/C=C\CCCCCCCC(=O)OCC(COC(=O)CC/C=C\C/C=C\C/C=C\C/C=C\CC)OC(=O)CCCCCCC/C=C\C/C=C\CCCCCC. The van der Waals surface area contributed by atoms with E-state index in [4.69, 9.17) is 14.2 Å². The summed E-state index contributed by atoms with van der Waals surface area (Å²) in [7, 11) is 0. The van der Waals surface area contributed by atoms with E-state index in [9.17, 15) is 14.4 Å². The Morgan fingerprint density at radius 2 is 0.512 bits per heavy atom. The van der Waals surface area contributed by atoms with Gasteiger partial charge in [-0.2, -0.15) is 0 Å².